The van der Waals surface area contributed by atoms with E-state index in [1.807, 2.05) is 18.2 Å². The van der Waals surface area contributed by atoms with E-state index < -0.39 is 10.9 Å². The van der Waals surface area contributed by atoms with Crippen LogP contribution >= 0.6 is 22.2 Å². The molecule has 2 aromatic carbocycles. The van der Waals surface area contributed by atoms with Crippen molar-refractivity contribution in [2.75, 3.05) is 0 Å². The number of thiol groups is 1. The molecule has 2 N–H and O–H groups in total. The van der Waals surface area contributed by atoms with Crippen molar-refractivity contribution in [1.29, 1.82) is 0 Å². The molecule has 100 valence electrons. The molecule has 20 heavy (non-hydrogen) atoms. The quantitative estimate of drug-likeness (QED) is 0.569. The lowest BCUT2D eigenvalue weighted by molar-refractivity contribution is 0.474. The molecule has 3 aromatic rings. The van der Waals surface area contributed by atoms with Crippen molar-refractivity contribution in [2.45, 2.75) is 9.79 Å². The maximum atomic E-state index is 9.93. The summed E-state index contributed by atoms with van der Waals surface area (Å²) in [6.07, 6.45) is 2.06. The fraction of sp³-hybridized carbons (Fsp3) is 0. The number of hydrogen-bond acceptors (Lipinski definition) is 3. The minimum atomic E-state index is -0.604. The summed E-state index contributed by atoms with van der Waals surface area (Å²) in [4.78, 5) is 2.41. The van der Waals surface area contributed by atoms with E-state index in [2.05, 4.69) is 22.9 Å². The van der Waals surface area contributed by atoms with Crippen LogP contribution in [0.2, 0.25) is 0 Å². The van der Waals surface area contributed by atoms with Crippen molar-refractivity contribution < 1.29 is 10.2 Å². The first-order chi connectivity index (χ1) is 9.72. The summed E-state index contributed by atoms with van der Waals surface area (Å²) in [7, 11) is -0.604. The molecule has 0 bridgehead atoms. The molecule has 0 aliphatic carbocycles. The minimum absolute atomic E-state index is 0.293. The largest absolute Gasteiger partial charge is 0.508 e. The van der Waals surface area contributed by atoms with Gasteiger partial charge in [0.1, 0.15) is 11.5 Å². The molecule has 1 atom stereocenters. The van der Waals surface area contributed by atoms with Crippen molar-refractivity contribution in [3.8, 4) is 11.5 Å². The first-order valence-corrected chi connectivity index (χ1v) is 8.52. The van der Waals surface area contributed by atoms with E-state index in [0.29, 0.717) is 11.5 Å². The van der Waals surface area contributed by atoms with Gasteiger partial charge >= 0.3 is 0 Å². The Hall–Kier alpha value is -1.91. The van der Waals surface area contributed by atoms with Gasteiger partial charge in [-0.15, -0.1) is 11.3 Å². The molecular formula is C16H12O2S2. The molecule has 0 fully saturated rings. The highest BCUT2D eigenvalue weighted by Crippen LogP contribution is 2.55. The average Bonchev–Trinajstić information content (AvgIpc) is 3.03. The van der Waals surface area contributed by atoms with Crippen LogP contribution in [-0.2, 0) is 0 Å². The average molecular weight is 300 g/mol. The van der Waals surface area contributed by atoms with Gasteiger partial charge in [-0.05, 0) is 58.8 Å². The number of phenols is 2. The summed E-state index contributed by atoms with van der Waals surface area (Å²) in [5, 5.41) is 25.0. The van der Waals surface area contributed by atoms with E-state index in [1.165, 1.54) is 15.2 Å². The van der Waals surface area contributed by atoms with Crippen LogP contribution in [0.5, 0.6) is 11.5 Å². The lowest BCUT2D eigenvalue weighted by atomic mass is 10.2. The second-order valence-corrected chi connectivity index (χ2v) is 7.68. The van der Waals surface area contributed by atoms with E-state index in [4.69, 9.17) is 0 Å². The smallest absolute Gasteiger partial charge is 0.118 e. The second kappa shape index (κ2) is 4.30. The minimum Gasteiger partial charge on any atom is -0.508 e. The van der Waals surface area contributed by atoms with Gasteiger partial charge in [0.2, 0.25) is 0 Å². The van der Waals surface area contributed by atoms with Crippen LogP contribution in [0.15, 0.2) is 57.0 Å². The molecule has 1 aliphatic rings. The molecule has 2 nitrogen and oxygen atoms in total. The third-order valence-electron chi connectivity index (χ3n) is 3.47. The molecule has 0 amide bonds. The first kappa shape index (κ1) is 11.9. The van der Waals surface area contributed by atoms with Crippen LogP contribution < -0.4 is 0 Å². The normalized spacial score (nSPS) is 18.5. The van der Waals surface area contributed by atoms with Gasteiger partial charge < -0.3 is 10.2 Å². The van der Waals surface area contributed by atoms with Gasteiger partial charge in [-0.3, -0.25) is 0 Å². The van der Waals surface area contributed by atoms with Crippen LogP contribution in [0.1, 0.15) is 5.56 Å². The Morgan fingerprint density at radius 3 is 2.70 bits per heavy atom. The Balaban J connectivity index is 1.94. The zero-order chi connectivity index (χ0) is 13.7. The Labute approximate surface area is 123 Å². The Kier molecular flexibility index (Phi) is 2.55. The molecule has 4 heteroatoms. The maximum absolute atomic E-state index is 9.93. The van der Waals surface area contributed by atoms with Crippen LogP contribution in [0.25, 0.3) is 16.2 Å². The predicted molar refractivity (Wildman–Crippen MR) is 86.1 cm³/mol. The first-order valence-electron chi connectivity index (χ1n) is 6.23. The molecule has 0 spiro atoms. The SMILES string of the molecule is Oc1ccc2c(c1)C=C[SH]2c1cc(O)cc2sccc12. The van der Waals surface area contributed by atoms with Crippen molar-refractivity contribution in [3.05, 3.63) is 52.7 Å². The van der Waals surface area contributed by atoms with E-state index in [1.54, 1.807) is 23.5 Å². The number of fused-ring (bicyclic) bond motifs is 2. The standard InChI is InChI=1S/C16H12O2S2/c17-11-1-2-15-10(7-11)4-6-20(15)16-9-12(18)8-14-13(16)3-5-19-14/h1-9,17-18,20H. The topological polar surface area (TPSA) is 40.5 Å². The summed E-state index contributed by atoms with van der Waals surface area (Å²) >= 11 is 1.64. The summed E-state index contributed by atoms with van der Waals surface area (Å²) in [6.45, 7) is 0. The van der Waals surface area contributed by atoms with Gasteiger partial charge in [-0.25, -0.2) is 0 Å². The predicted octanol–water partition coefficient (Wildman–Crippen LogP) is 4.72. The van der Waals surface area contributed by atoms with Crippen molar-refractivity contribution in [1.82, 2.24) is 0 Å². The van der Waals surface area contributed by atoms with Crippen LogP contribution in [-0.4, -0.2) is 10.2 Å². The number of hydrogen-bond donors (Lipinski definition) is 3. The summed E-state index contributed by atoms with van der Waals surface area (Å²) in [6, 6.07) is 11.3. The molecule has 0 saturated heterocycles. The van der Waals surface area contributed by atoms with Gasteiger partial charge in [0, 0.05) is 19.9 Å². The van der Waals surface area contributed by atoms with Gasteiger partial charge in [0.05, 0.1) is 0 Å². The zero-order valence-electron chi connectivity index (χ0n) is 10.4. The van der Waals surface area contributed by atoms with Crippen LogP contribution in [0.4, 0.5) is 0 Å². The van der Waals surface area contributed by atoms with Crippen molar-refractivity contribution >= 4 is 38.4 Å². The summed E-state index contributed by atoms with van der Waals surface area (Å²) in [5.74, 6) is 0.611. The highest BCUT2D eigenvalue weighted by Gasteiger charge is 2.19. The van der Waals surface area contributed by atoms with Gasteiger partial charge in [0.15, 0.2) is 0 Å². The molecule has 0 radical (unpaired) electrons. The Morgan fingerprint density at radius 1 is 0.900 bits per heavy atom. The van der Waals surface area contributed by atoms with Gasteiger partial charge in [-0.1, -0.05) is 0 Å². The molecule has 1 unspecified atom stereocenters. The number of phenolic OH excluding ortho intramolecular Hbond substituents is 2. The molecule has 1 aliphatic heterocycles. The monoisotopic (exact) mass is 300 g/mol. The maximum Gasteiger partial charge on any atom is 0.118 e. The number of thiophene rings is 1. The second-order valence-electron chi connectivity index (χ2n) is 4.73. The van der Waals surface area contributed by atoms with Crippen molar-refractivity contribution in [2.24, 2.45) is 0 Å². The lowest BCUT2D eigenvalue weighted by Crippen LogP contribution is -1.83. The van der Waals surface area contributed by atoms with E-state index in [-0.39, 0.29) is 0 Å². The molecular weight excluding hydrogens is 288 g/mol. The highest BCUT2D eigenvalue weighted by atomic mass is 32.2. The Bertz CT molecular complexity index is 849. The summed E-state index contributed by atoms with van der Waals surface area (Å²) in [5.41, 5.74) is 1.07. The van der Waals surface area contributed by atoms with Gasteiger partial charge in [-0.2, -0.15) is 10.9 Å². The number of rotatable bonds is 1. The molecule has 4 rings (SSSR count). The number of benzene rings is 2. The molecule has 2 heterocycles. The fourth-order valence-electron chi connectivity index (χ4n) is 2.58. The van der Waals surface area contributed by atoms with Crippen LogP contribution in [0.3, 0.4) is 0 Å². The number of aromatic hydroxyl groups is 2. The van der Waals surface area contributed by atoms with Crippen molar-refractivity contribution in [3.63, 3.8) is 0 Å². The highest BCUT2D eigenvalue weighted by molar-refractivity contribution is 8.20. The van der Waals surface area contributed by atoms with E-state index >= 15 is 0 Å². The summed E-state index contributed by atoms with van der Waals surface area (Å²) < 4.78 is 1.11. The third kappa shape index (κ3) is 1.72. The van der Waals surface area contributed by atoms with Gasteiger partial charge in [0.25, 0.3) is 0 Å². The lowest BCUT2D eigenvalue weighted by Gasteiger charge is -2.17. The van der Waals surface area contributed by atoms with Crippen LogP contribution in [0, 0.1) is 0 Å². The fourth-order valence-corrected chi connectivity index (χ4v) is 5.77. The van der Waals surface area contributed by atoms with E-state index in [0.717, 1.165) is 10.3 Å². The molecule has 1 aromatic heterocycles. The zero-order valence-corrected chi connectivity index (χ0v) is 12.2. The van der Waals surface area contributed by atoms with E-state index in [9.17, 15) is 10.2 Å². The Morgan fingerprint density at radius 2 is 1.80 bits per heavy atom. The molecule has 0 saturated carbocycles. The third-order valence-corrected chi connectivity index (χ3v) is 6.59.